The van der Waals surface area contributed by atoms with E-state index in [4.69, 9.17) is 10.5 Å². The van der Waals surface area contributed by atoms with Crippen LogP contribution < -0.4 is 16.4 Å². The Morgan fingerprint density at radius 3 is 2.67 bits per heavy atom. The first-order valence-corrected chi connectivity index (χ1v) is 11.6. The number of nitrogens with zero attached hydrogens (tertiary/aromatic N) is 2. The number of likely N-dealkylation sites (tertiary alicyclic amines) is 1. The molecule has 2 fully saturated rings. The number of hydrogen-bond donors (Lipinski definition) is 3. The SMILES string of the molecule is NC1CCN(CCCOCCCNc2cccc3c2C(=O)N(C2CCC(=O)NC2=O)C3=O)C1. The van der Waals surface area contributed by atoms with Gasteiger partial charge in [0.2, 0.25) is 11.8 Å². The van der Waals surface area contributed by atoms with Crippen LogP contribution in [0.2, 0.25) is 0 Å². The van der Waals surface area contributed by atoms with E-state index < -0.39 is 29.7 Å². The number of anilines is 1. The molecule has 0 aliphatic carbocycles. The van der Waals surface area contributed by atoms with Gasteiger partial charge in [-0.2, -0.15) is 0 Å². The van der Waals surface area contributed by atoms with E-state index in [-0.39, 0.29) is 24.0 Å². The van der Waals surface area contributed by atoms with Crippen LogP contribution in [0.15, 0.2) is 18.2 Å². The lowest BCUT2D eigenvalue weighted by Crippen LogP contribution is -2.54. The van der Waals surface area contributed by atoms with Gasteiger partial charge in [-0.3, -0.25) is 29.4 Å². The molecule has 0 bridgehead atoms. The van der Waals surface area contributed by atoms with Crippen LogP contribution in [0.3, 0.4) is 0 Å². The maximum Gasteiger partial charge on any atom is 0.264 e. The van der Waals surface area contributed by atoms with E-state index in [1.165, 1.54) is 0 Å². The van der Waals surface area contributed by atoms with E-state index >= 15 is 0 Å². The van der Waals surface area contributed by atoms with Gasteiger partial charge in [0.1, 0.15) is 6.04 Å². The zero-order chi connectivity index (χ0) is 23.4. The molecule has 4 N–H and O–H groups in total. The molecule has 0 aromatic heterocycles. The van der Waals surface area contributed by atoms with Gasteiger partial charge < -0.3 is 20.7 Å². The molecule has 178 valence electrons. The second kappa shape index (κ2) is 10.4. The highest BCUT2D eigenvalue weighted by atomic mass is 16.5. The van der Waals surface area contributed by atoms with E-state index in [9.17, 15) is 19.2 Å². The van der Waals surface area contributed by atoms with Crippen LogP contribution in [0.1, 0.15) is 52.8 Å². The lowest BCUT2D eigenvalue weighted by atomic mass is 10.0. The highest BCUT2D eigenvalue weighted by molar-refractivity contribution is 6.25. The van der Waals surface area contributed by atoms with E-state index in [1.54, 1.807) is 18.2 Å². The first kappa shape index (κ1) is 23.3. The minimum Gasteiger partial charge on any atom is -0.384 e. The van der Waals surface area contributed by atoms with Gasteiger partial charge in [0.25, 0.3) is 11.8 Å². The predicted molar refractivity (Wildman–Crippen MR) is 121 cm³/mol. The van der Waals surface area contributed by atoms with Gasteiger partial charge in [0.15, 0.2) is 0 Å². The summed E-state index contributed by atoms with van der Waals surface area (Å²) in [4.78, 5) is 52.9. The number of piperidine rings is 1. The third-order valence-electron chi connectivity index (χ3n) is 6.32. The quantitative estimate of drug-likeness (QED) is 0.338. The number of ether oxygens (including phenoxy) is 1. The molecule has 3 aliphatic heterocycles. The molecule has 2 unspecified atom stereocenters. The van der Waals surface area contributed by atoms with Crippen molar-refractivity contribution in [3.8, 4) is 0 Å². The lowest BCUT2D eigenvalue weighted by molar-refractivity contribution is -0.136. The number of carbonyl (C=O) groups excluding carboxylic acids is 4. The summed E-state index contributed by atoms with van der Waals surface area (Å²) >= 11 is 0. The highest BCUT2D eigenvalue weighted by Gasteiger charge is 2.45. The predicted octanol–water partition coefficient (Wildman–Crippen LogP) is 0.330. The molecule has 3 heterocycles. The zero-order valence-electron chi connectivity index (χ0n) is 18.7. The Morgan fingerprint density at radius 1 is 1.09 bits per heavy atom. The van der Waals surface area contributed by atoms with Crippen LogP contribution >= 0.6 is 0 Å². The maximum absolute atomic E-state index is 13.1. The Kier molecular flexibility index (Phi) is 7.36. The number of benzene rings is 1. The van der Waals surface area contributed by atoms with Crippen molar-refractivity contribution in [2.75, 3.05) is 44.7 Å². The van der Waals surface area contributed by atoms with Crippen molar-refractivity contribution in [3.05, 3.63) is 29.3 Å². The van der Waals surface area contributed by atoms with Gasteiger partial charge in [-0.05, 0) is 44.4 Å². The van der Waals surface area contributed by atoms with Crippen LogP contribution in [-0.2, 0) is 14.3 Å². The number of carbonyl (C=O) groups is 4. The van der Waals surface area contributed by atoms with Gasteiger partial charge >= 0.3 is 0 Å². The molecule has 1 aromatic rings. The van der Waals surface area contributed by atoms with Gasteiger partial charge in [-0.25, -0.2) is 0 Å². The fourth-order valence-electron chi connectivity index (χ4n) is 4.62. The molecule has 2 atom stereocenters. The molecular formula is C23H31N5O5. The highest BCUT2D eigenvalue weighted by Crippen LogP contribution is 2.32. The van der Waals surface area contributed by atoms with Crippen LogP contribution in [0.4, 0.5) is 5.69 Å². The lowest BCUT2D eigenvalue weighted by Gasteiger charge is -2.27. The first-order chi connectivity index (χ1) is 16.0. The number of nitrogens with one attached hydrogen (secondary N) is 2. The van der Waals surface area contributed by atoms with Crippen molar-refractivity contribution in [2.45, 2.75) is 44.2 Å². The van der Waals surface area contributed by atoms with Crippen LogP contribution in [0, 0.1) is 0 Å². The van der Waals surface area contributed by atoms with Crippen molar-refractivity contribution in [1.82, 2.24) is 15.1 Å². The molecule has 4 rings (SSSR count). The number of amides is 4. The molecule has 2 saturated heterocycles. The summed E-state index contributed by atoms with van der Waals surface area (Å²) in [5, 5.41) is 5.43. The van der Waals surface area contributed by atoms with Gasteiger partial charge in [0, 0.05) is 51.0 Å². The Hall–Kier alpha value is -2.82. The summed E-state index contributed by atoms with van der Waals surface area (Å²) in [6.45, 7) is 4.90. The molecule has 4 amide bonds. The van der Waals surface area contributed by atoms with Gasteiger partial charge in [-0.1, -0.05) is 6.07 Å². The van der Waals surface area contributed by atoms with E-state index in [2.05, 4.69) is 15.5 Å². The standard InChI is InChI=1S/C23H31N5O5/c24-15-8-11-27(14-15)10-3-13-33-12-2-9-25-17-5-1-4-16-20(17)23(32)28(22(16)31)18-6-7-19(29)26-21(18)30/h1,4-5,15,18,25H,2-3,6-14,24H2,(H,26,29,30). The fraction of sp³-hybridized carbons (Fsp3) is 0.565. The Morgan fingerprint density at radius 2 is 1.91 bits per heavy atom. The summed E-state index contributed by atoms with van der Waals surface area (Å²) in [5.41, 5.74) is 7.02. The van der Waals surface area contributed by atoms with Crippen LogP contribution in [0.5, 0.6) is 0 Å². The zero-order valence-corrected chi connectivity index (χ0v) is 18.7. The average Bonchev–Trinajstić information content (AvgIpc) is 3.31. The van der Waals surface area contributed by atoms with Crippen molar-refractivity contribution in [1.29, 1.82) is 0 Å². The molecular weight excluding hydrogens is 426 g/mol. The molecule has 0 spiro atoms. The minimum atomic E-state index is -0.965. The van der Waals surface area contributed by atoms with Gasteiger partial charge in [0.05, 0.1) is 11.1 Å². The van der Waals surface area contributed by atoms with Crippen molar-refractivity contribution < 1.29 is 23.9 Å². The number of hydrogen-bond acceptors (Lipinski definition) is 8. The molecule has 33 heavy (non-hydrogen) atoms. The Labute approximate surface area is 192 Å². The Bertz CT molecular complexity index is 936. The third kappa shape index (κ3) is 5.23. The number of rotatable bonds is 10. The second-order valence-corrected chi connectivity index (χ2v) is 8.77. The molecule has 10 nitrogen and oxygen atoms in total. The van der Waals surface area contributed by atoms with Crippen LogP contribution in [-0.4, -0.2) is 84.9 Å². The largest absolute Gasteiger partial charge is 0.384 e. The summed E-state index contributed by atoms with van der Waals surface area (Å²) in [6, 6.07) is 4.38. The summed E-state index contributed by atoms with van der Waals surface area (Å²) in [7, 11) is 0. The topological polar surface area (TPSA) is 134 Å². The average molecular weight is 458 g/mol. The summed E-state index contributed by atoms with van der Waals surface area (Å²) in [5.74, 6) is -2.02. The normalized spacial score (nSPS) is 23.2. The minimum absolute atomic E-state index is 0.0977. The Balaban J connectivity index is 1.24. The van der Waals surface area contributed by atoms with Gasteiger partial charge in [-0.15, -0.1) is 0 Å². The van der Waals surface area contributed by atoms with Crippen molar-refractivity contribution >= 4 is 29.3 Å². The summed E-state index contributed by atoms with van der Waals surface area (Å²) < 4.78 is 5.71. The molecule has 10 heteroatoms. The van der Waals surface area contributed by atoms with E-state index in [0.29, 0.717) is 31.5 Å². The number of fused-ring (bicyclic) bond motifs is 1. The monoisotopic (exact) mass is 457 g/mol. The smallest absolute Gasteiger partial charge is 0.264 e. The van der Waals surface area contributed by atoms with E-state index in [1.807, 2.05) is 0 Å². The summed E-state index contributed by atoms with van der Waals surface area (Å²) in [6.07, 6.45) is 3.02. The fourth-order valence-corrected chi connectivity index (χ4v) is 4.62. The first-order valence-electron chi connectivity index (χ1n) is 11.6. The maximum atomic E-state index is 13.1. The van der Waals surface area contributed by atoms with Crippen molar-refractivity contribution in [3.63, 3.8) is 0 Å². The number of nitrogens with two attached hydrogens (primary N) is 1. The molecule has 0 radical (unpaired) electrons. The molecule has 0 saturated carbocycles. The number of imide groups is 2. The molecule has 3 aliphatic rings. The van der Waals surface area contributed by atoms with E-state index in [0.717, 1.165) is 43.8 Å². The second-order valence-electron chi connectivity index (χ2n) is 8.77. The van der Waals surface area contributed by atoms with Crippen LogP contribution in [0.25, 0.3) is 0 Å². The molecule has 1 aromatic carbocycles. The third-order valence-corrected chi connectivity index (χ3v) is 6.32. The van der Waals surface area contributed by atoms with Crippen molar-refractivity contribution in [2.24, 2.45) is 5.73 Å².